The van der Waals surface area contributed by atoms with Crippen LogP contribution in [-0.2, 0) is 14.8 Å². The summed E-state index contributed by atoms with van der Waals surface area (Å²) in [5, 5.41) is 3.50. The Labute approximate surface area is 206 Å². The molecule has 2 saturated carbocycles. The molecule has 3 fully saturated rings. The van der Waals surface area contributed by atoms with Crippen molar-refractivity contribution in [1.29, 1.82) is 0 Å². The predicted octanol–water partition coefficient (Wildman–Crippen LogP) is 5.74. The lowest BCUT2D eigenvalue weighted by Gasteiger charge is -2.30. The minimum atomic E-state index is -0.333. The summed E-state index contributed by atoms with van der Waals surface area (Å²) in [5.74, 6) is 9.16. The second-order valence-electron chi connectivity index (χ2n) is 9.32. The molecule has 4 nitrogen and oxygen atoms in total. The van der Waals surface area contributed by atoms with Crippen molar-refractivity contribution < 1.29 is 9.36 Å². The largest absolute Gasteiger partial charge is 0.370 e. The lowest BCUT2D eigenvalue weighted by atomic mass is 9.75. The highest BCUT2D eigenvalue weighted by Gasteiger charge is 2.57. The van der Waals surface area contributed by atoms with Gasteiger partial charge >= 0.3 is 0 Å². The van der Waals surface area contributed by atoms with Crippen LogP contribution in [0.2, 0.25) is 0 Å². The van der Waals surface area contributed by atoms with Crippen LogP contribution in [0.4, 0.5) is 0 Å². The van der Waals surface area contributed by atoms with Crippen LogP contribution in [0, 0.1) is 29.6 Å². The van der Waals surface area contributed by atoms with Crippen LogP contribution in [0.15, 0.2) is 24.3 Å². The summed E-state index contributed by atoms with van der Waals surface area (Å²) >= 11 is 0. The molecule has 33 heavy (non-hydrogen) atoms. The third-order valence-electron chi connectivity index (χ3n) is 7.14. The van der Waals surface area contributed by atoms with E-state index in [0.717, 1.165) is 24.2 Å². The summed E-state index contributed by atoms with van der Waals surface area (Å²) in [5.41, 5.74) is 7.79. The third-order valence-corrected chi connectivity index (χ3v) is 7.14. The molecular formula is C27H44N2O2P2. The lowest BCUT2D eigenvalue weighted by molar-refractivity contribution is -0.115. The number of rotatable bonds is 4. The summed E-state index contributed by atoms with van der Waals surface area (Å²) in [7, 11) is 4.14. The number of nitrogens with two attached hydrogens (primary N) is 1. The van der Waals surface area contributed by atoms with Gasteiger partial charge in [0.1, 0.15) is 9.12 Å². The van der Waals surface area contributed by atoms with Crippen molar-refractivity contribution in [3.63, 3.8) is 0 Å². The van der Waals surface area contributed by atoms with Crippen LogP contribution < -0.4 is 11.1 Å². The molecule has 0 bridgehead atoms. The molecule has 1 saturated heterocycles. The van der Waals surface area contributed by atoms with E-state index < -0.39 is 0 Å². The van der Waals surface area contributed by atoms with Gasteiger partial charge in [-0.1, -0.05) is 50.4 Å². The number of carbonyl (C=O) groups excluding carboxylic acids is 1. The first-order valence-electron chi connectivity index (χ1n) is 12.4. The van der Waals surface area contributed by atoms with E-state index in [1.54, 1.807) is 14.7 Å². The average molecular weight is 491 g/mol. The highest BCUT2D eigenvalue weighted by Crippen LogP contribution is 2.64. The number of amides is 1. The Balaban J connectivity index is 0.000000605. The topological polar surface area (TPSA) is 72.2 Å². The van der Waals surface area contributed by atoms with Crippen LogP contribution in [0.25, 0.3) is 0 Å². The van der Waals surface area contributed by atoms with Gasteiger partial charge in [-0.15, -0.1) is 9.24 Å². The fourth-order valence-corrected chi connectivity index (χ4v) is 5.48. The molecule has 3 N–H and O–H groups in total. The van der Waals surface area contributed by atoms with Gasteiger partial charge in [0.05, 0.1) is 0 Å². The van der Waals surface area contributed by atoms with Crippen molar-refractivity contribution in [3.05, 3.63) is 35.4 Å². The van der Waals surface area contributed by atoms with Gasteiger partial charge in [-0.3, -0.25) is 9.36 Å². The highest BCUT2D eigenvalue weighted by atomic mass is 31.0. The average Bonchev–Trinajstić information content (AvgIpc) is 3.60. The fourth-order valence-electron chi connectivity index (χ4n) is 5.48. The zero-order valence-corrected chi connectivity index (χ0v) is 22.9. The molecule has 1 amide bonds. The summed E-state index contributed by atoms with van der Waals surface area (Å²) in [6.07, 6.45) is 12.5. The molecule has 4 atom stereocenters. The minimum Gasteiger partial charge on any atom is -0.370 e. The van der Waals surface area contributed by atoms with Crippen LogP contribution in [-0.4, -0.2) is 25.7 Å². The molecule has 1 aliphatic heterocycles. The molecular weight excluding hydrogens is 446 g/mol. The number of nitrogens with one attached hydrogen (secondary N) is 1. The van der Waals surface area contributed by atoms with E-state index in [2.05, 4.69) is 63.3 Å². The first kappa shape index (κ1) is 29.8. The van der Waals surface area contributed by atoms with Crippen molar-refractivity contribution in [3.8, 4) is 11.8 Å². The molecule has 1 heterocycles. The molecule has 2 aliphatic carbocycles. The standard InChI is InChI=1S/C24H33N.C2H5NO.CH5P.HOP/c1-2-3-5-20-6-4-7-22(16-20)24-13-10-21(17-23(24)18-24)9-8-19-11-14-25-15-12-19;1-2(3)4;2*1-2/h4,6-7,16,19,21,23,25H,2,8-15,17-18H2,1H3;1H3,(H2,3,4);2H2,1H3;2H/t21?,23?,24-;;;/m1.../s1. The lowest BCUT2D eigenvalue weighted by Crippen LogP contribution is -2.28. The van der Waals surface area contributed by atoms with Gasteiger partial charge in [0.25, 0.3) is 0 Å². The van der Waals surface area contributed by atoms with Gasteiger partial charge in [-0.05, 0) is 92.5 Å². The van der Waals surface area contributed by atoms with Gasteiger partial charge in [0, 0.05) is 18.9 Å². The first-order valence-corrected chi connectivity index (χ1v) is 13.9. The Kier molecular flexibility index (Phi) is 14.8. The van der Waals surface area contributed by atoms with Crippen LogP contribution >= 0.6 is 18.4 Å². The van der Waals surface area contributed by atoms with E-state index in [9.17, 15) is 4.79 Å². The molecule has 3 aliphatic rings. The summed E-state index contributed by atoms with van der Waals surface area (Å²) in [6.45, 7) is 7.84. The smallest absolute Gasteiger partial charge is 0.214 e. The summed E-state index contributed by atoms with van der Waals surface area (Å²) < 4.78 is 8.06. The van der Waals surface area contributed by atoms with Gasteiger partial charge in [0.2, 0.25) is 5.91 Å². The van der Waals surface area contributed by atoms with Crippen molar-refractivity contribution in [2.24, 2.45) is 23.5 Å². The highest BCUT2D eigenvalue weighted by molar-refractivity contribution is 7.15. The number of carbonyl (C=O) groups is 1. The van der Waals surface area contributed by atoms with E-state index in [-0.39, 0.29) is 5.91 Å². The van der Waals surface area contributed by atoms with Crippen LogP contribution in [0.1, 0.15) is 82.8 Å². The van der Waals surface area contributed by atoms with Crippen LogP contribution in [0.5, 0.6) is 0 Å². The maximum atomic E-state index is 9.22. The zero-order chi connectivity index (χ0) is 24.7. The van der Waals surface area contributed by atoms with Crippen molar-refractivity contribution in [2.75, 3.05) is 19.8 Å². The van der Waals surface area contributed by atoms with E-state index in [0.29, 0.717) is 5.41 Å². The van der Waals surface area contributed by atoms with Crippen LogP contribution in [0.3, 0.4) is 0 Å². The number of benzene rings is 1. The Bertz CT molecular complexity index is 767. The van der Waals surface area contributed by atoms with E-state index in [1.807, 2.05) is 6.66 Å². The Hall–Kier alpha value is -1.26. The van der Waals surface area contributed by atoms with E-state index in [4.69, 9.17) is 4.57 Å². The van der Waals surface area contributed by atoms with E-state index >= 15 is 0 Å². The maximum Gasteiger partial charge on any atom is 0.214 e. The minimum absolute atomic E-state index is 0.333. The fraction of sp³-hybridized carbons (Fsp3) is 0.667. The molecule has 4 rings (SSSR count). The summed E-state index contributed by atoms with van der Waals surface area (Å²) in [6, 6.07) is 9.15. The second kappa shape index (κ2) is 16.4. The Morgan fingerprint density at radius 3 is 2.42 bits per heavy atom. The molecule has 0 radical (unpaired) electrons. The predicted molar refractivity (Wildman–Crippen MR) is 145 cm³/mol. The van der Waals surface area contributed by atoms with Gasteiger partial charge in [-0.25, -0.2) is 0 Å². The van der Waals surface area contributed by atoms with Gasteiger partial charge < -0.3 is 11.1 Å². The number of hydrogen-bond acceptors (Lipinski definition) is 3. The Morgan fingerprint density at radius 1 is 1.18 bits per heavy atom. The van der Waals surface area contributed by atoms with Gasteiger partial charge in [-0.2, -0.15) is 0 Å². The number of hydrogen-bond donors (Lipinski definition) is 2. The molecule has 1 aromatic rings. The monoisotopic (exact) mass is 490 g/mol. The number of primary amides is 1. The molecule has 184 valence electrons. The number of piperidine rings is 1. The zero-order valence-electron chi connectivity index (χ0n) is 20.8. The Morgan fingerprint density at radius 2 is 1.82 bits per heavy atom. The van der Waals surface area contributed by atoms with Crippen molar-refractivity contribution in [2.45, 2.75) is 77.0 Å². The quantitative estimate of drug-likeness (QED) is 0.417. The molecule has 6 heteroatoms. The third kappa shape index (κ3) is 9.86. The maximum absolute atomic E-state index is 9.22. The molecule has 0 spiro atoms. The normalized spacial score (nSPS) is 25.1. The van der Waals surface area contributed by atoms with Crippen molar-refractivity contribution >= 4 is 24.3 Å². The SMILES string of the molecule is CC(N)=O.CCC#Cc1cccc([C@]23CCC(CCC4CCNCC4)CC2C3)c1.CP.O=P. The first-order chi connectivity index (χ1) is 16.0. The summed E-state index contributed by atoms with van der Waals surface area (Å²) in [4.78, 5) is 9.22. The molecule has 0 aromatic heterocycles. The number of fused-ring (bicyclic) bond motifs is 1. The van der Waals surface area contributed by atoms with Gasteiger partial charge in [0.15, 0.2) is 0 Å². The second-order valence-corrected chi connectivity index (χ2v) is 9.32. The van der Waals surface area contributed by atoms with Crippen molar-refractivity contribution in [1.82, 2.24) is 5.32 Å². The van der Waals surface area contributed by atoms with E-state index in [1.165, 1.54) is 76.9 Å². The molecule has 3 unspecified atom stereocenters. The molecule has 1 aromatic carbocycles.